The van der Waals surface area contributed by atoms with Crippen LogP contribution in [0.5, 0.6) is 5.75 Å². The summed E-state index contributed by atoms with van der Waals surface area (Å²) in [6.45, 7) is 0. The van der Waals surface area contributed by atoms with Crippen molar-refractivity contribution in [2.24, 2.45) is 0 Å². The molecule has 130 valence electrons. The van der Waals surface area contributed by atoms with Crippen LogP contribution >= 0.6 is 23.2 Å². The van der Waals surface area contributed by atoms with Crippen molar-refractivity contribution in [3.8, 4) is 5.75 Å². The van der Waals surface area contributed by atoms with Crippen molar-refractivity contribution in [2.75, 3.05) is 19.1 Å². The largest absolute Gasteiger partial charge is 0.497 e. The SMILES string of the molecule is COc1ccc(C(=O)CC2(O)C(=O)N(C)c3c(Cl)cc(Cl)cc32)cc1. The maximum absolute atomic E-state index is 12.6. The number of methoxy groups -OCH3 is 1. The lowest BCUT2D eigenvalue weighted by molar-refractivity contribution is -0.135. The molecule has 1 aliphatic heterocycles. The number of halogens is 2. The maximum Gasteiger partial charge on any atom is 0.263 e. The van der Waals surface area contributed by atoms with Crippen molar-refractivity contribution in [3.05, 3.63) is 57.6 Å². The second-order valence-electron chi connectivity index (χ2n) is 5.84. The van der Waals surface area contributed by atoms with Gasteiger partial charge < -0.3 is 14.7 Å². The fourth-order valence-corrected chi connectivity index (χ4v) is 3.62. The van der Waals surface area contributed by atoms with Gasteiger partial charge in [-0.15, -0.1) is 0 Å². The Balaban J connectivity index is 1.99. The van der Waals surface area contributed by atoms with Gasteiger partial charge in [0.05, 0.1) is 24.2 Å². The molecule has 0 saturated carbocycles. The van der Waals surface area contributed by atoms with Gasteiger partial charge >= 0.3 is 0 Å². The van der Waals surface area contributed by atoms with Gasteiger partial charge in [-0.25, -0.2) is 0 Å². The van der Waals surface area contributed by atoms with Crippen molar-refractivity contribution < 1.29 is 19.4 Å². The number of aliphatic hydroxyl groups is 1. The average Bonchev–Trinajstić information content (AvgIpc) is 2.76. The van der Waals surface area contributed by atoms with E-state index in [1.54, 1.807) is 24.3 Å². The van der Waals surface area contributed by atoms with Crippen LogP contribution in [-0.4, -0.2) is 31.0 Å². The molecule has 7 heteroatoms. The highest BCUT2D eigenvalue weighted by molar-refractivity contribution is 6.38. The minimum atomic E-state index is -2.00. The first-order chi connectivity index (χ1) is 11.8. The van der Waals surface area contributed by atoms with E-state index >= 15 is 0 Å². The van der Waals surface area contributed by atoms with Crippen molar-refractivity contribution in [2.45, 2.75) is 12.0 Å². The van der Waals surface area contributed by atoms with Crippen LogP contribution in [0, 0.1) is 0 Å². The molecule has 25 heavy (non-hydrogen) atoms. The molecule has 1 aliphatic rings. The highest BCUT2D eigenvalue weighted by atomic mass is 35.5. The van der Waals surface area contributed by atoms with Gasteiger partial charge in [0.15, 0.2) is 11.4 Å². The number of hydrogen-bond donors (Lipinski definition) is 1. The lowest BCUT2D eigenvalue weighted by atomic mass is 9.88. The van der Waals surface area contributed by atoms with Crippen molar-refractivity contribution in [1.82, 2.24) is 0 Å². The summed E-state index contributed by atoms with van der Waals surface area (Å²) in [4.78, 5) is 26.5. The molecule has 2 aromatic rings. The average molecular weight is 380 g/mol. The van der Waals surface area contributed by atoms with Gasteiger partial charge in [-0.05, 0) is 36.4 Å². The van der Waals surface area contributed by atoms with Crippen LogP contribution < -0.4 is 9.64 Å². The zero-order valence-electron chi connectivity index (χ0n) is 13.5. The molecule has 0 bridgehead atoms. The van der Waals surface area contributed by atoms with Gasteiger partial charge in [-0.1, -0.05) is 23.2 Å². The normalized spacial score (nSPS) is 19.1. The van der Waals surface area contributed by atoms with E-state index in [2.05, 4.69) is 0 Å². The van der Waals surface area contributed by atoms with Gasteiger partial charge in [0.2, 0.25) is 0 Å². The van der Waals surface area contributed by atoms with Crippen LogP contribution in [0.2, 0.25) is 10.0 Å². The topological polar surface area (TPSA) is 66.8 Å². The lowest BCUT2D eigenvalue weighted by Crippen LogP contribution is -2.40. The van der Waals surface area contributed by atoms with E-state index < -0.39 is 17.9 Å². The summed E-state index contributed by atoms with van der Waals surface area (Å²) in [7, 11) is 3.02. The first-order valence-electron chi connectivity index (χ1n) is 7.45. The van der Waals surface area contributed by atoms with E-state index in [0.717, 1.165) is 0 Å². The predicted molar refractivity (Wildman–Crippen MR) is 95.7 cm³/mol. The van der Waals surface area contributed by atoms with E-state index in [-0.39, 0.29) is 21.4 Å². The molecule has 0 radical (unpaired) electrons. The molecule has 3 rings (SSSR count). The number of likely N-dealkylation sites (N-methyl/N-ethyl adjacent to an activating group) is 1. The van der Waals surface area contributed by atoms with Crippen LogP contribution in [0.4, 0.5) is 5.69 Å². The number of nitrogens with zero attached hydrogens (tertiary/aromatic N) is 1. The molecule has 1 atom stereocenters. The summed E-state index contributed by atoms with van der Waals surface area (Å²) < 4.78 is 5.06. The molecule has 0 aromatic heterocycles. The second kappa shape index (κ2) is 6.33. The number of carbonyl (C=O) groups excluding carboxylic acids is 2. The van der Waals surface area contributed by atoms with Gasteiger partial charge in [0, 0.05) is 23.2 Å². The minimum absolute atomic E-state index is 0.236. The quantitative estimate of drug-likeness (QED) is 0.826. The lowest BCUT2D eigenvalue weighted by Gasteiger charge is -2.21. The molecule has 0 aliphatic carbocycles. The number of benzene rings is 2. The second-order valence-corrected chi connectivity index (χ2v) is 6.68. The van der Waals surface area contributed by atoms with Crippen LogP contribution in [0.3, 0.4) is 0 Å². The first-order valence-corrected chi connectivity index (χ1v) is 8.21. The van der Waals surface area contributed by atoms with Gasteiger partial charge in [0.25, 0.3) is 5.91 Å². The Labute approximate surface area is 154 Å². The fraction of sp³-hybridized carbons (Fsp3) is 0.222. The zero-order valence-corrected chi connectivity index (χ0v) is 15.1. The number of carbonyl (C=O) groups is 2. The predicted octanol–water partition coefficient (Wildman–Crippen LogP) is 3.44. The number of fused-ring (bicyclic) bond motifs is 1. The fourth-order valence-electron chi connectivity index (χ4n) is 3.00. The summed E-state index contributed by atoms with van der Waals surface area (Å²) in [5, 5.41) is 11.5. The van der Waals surface area contributed by atoms with E-state index in [1.165, 1.54) is 31.2 Å². The Hall–Kier alpha value is -2.08. The number of rotatable bonds is 4. The number of ether oxygens (including phenoxy) is 1. The highest BCUT2D eigenvalue weighted by Crippen LogP contribution is 2.47. The Morgan fingerprint density at radius 1 is 1.24 bits per heavy atom. The summed E-state index contributed by atoms with van der Waals surface area (Å²) in [6.07, 6.45) is -0.411. The number of Topliss-reactive ketones (excluding diaryl/α,β-unsaturated/α-hetero) is 1. The van der Waals surface area contributed by atoms with Crippen LogP contribution in [0.15, 0.2) is 36.4 Å². The number of hydrogen-bond acceptors (Lipinski definition) is 4. The molecule has 1 unspecified atom stereocenters. The molecule has 5 nitrogen and oxygen atoms in total. The van der Waals surface area contributed by atoms with Gasteiger partial charge in [-0.3, -0.25) is 9.59 Å². The Kier molecular flexibility index (Phi) is 4.49. The molecule has 1 N–H and O–H groups in total. The Bertz CT molecular complexity index is 866. The minimum Gasteiger partial charge on any atom is -0.497 e. The van der Waals surface area contributed by atoms with Gasteiger partial charge in [-0.2, -0.15) is 0 Å². The van der Waals surface area contributed by atoms with Crippen molar-refractivity contribution in [1.29, 1.82) is 0 Å². The molecule has 1 amide bonds. The van der Waals surface area contributed by atoms with Gasteiger partial charge in [0.1, 0.15) is 5.75 Å². The molecule has 0 fully saturated rings. The molecular formula is C18H15Cl2NO4. The third-order valence-corrected chi connectivity index (χ3v) is 4.80. The Morgan fingerprint density at radius 3 is 2.48 bits per heavy atom. The zero-order chi connectivity index (χ0) is 18.4. The van der Waals surface area contributed by atoms with E-state index in [4.69, 9.17) is 27.9 Å². The van der Waals surface area contributed by atoms with Crippen LogP contribution in [0.1, 0.15) is 22.3 Å². The van der Waals surface area contributed by atoms with Crippen molar-refractivity contribution >= 4 is 40.6 Å². The molecular weight excluding hydrogens is 365 g/mol. The van der Waals surface area contributed by atoms with E-state index in [9.17, 15) is 14.7 Å². The van der Waals surface area contributed by atoms with E-state index in [0.29, 0.717) is 17.0 Å². The van der Waals surface area contributed by atoms with E-state index in [1.807, 2.05) is 0 Å². The summed E-state index contributed by atoms with van der Waals surface area (Å²) in [6, 6.07) is 9.40. The molecule has 0 saturated heterocycles. The first kappa shape index (κ1) is 17.7. The van der Waals surface area contributed by atoms with Crippen LogP contribution in [-0.2, 0) is 10.4 Å². The molecule has 0 spiro atoms. The summed E-state index contributed by atoms with van der Waals surface area (Å²) in [5.41, 5.74) is -1.04. The standard InChI is InChI=1S/C18H15Cl2NO4/c1-21-16-13(7-11(19)8-14(16)20)18(24,17(21)23)9-15(22)10-3-5-12(25-2)6-4-10/h3-8,24H,9H2,1-2H3. The summed E-state index contributed by atoms with van der Waals surface area (Å²) in [5.74, 6) is -0.389. The number of ketones is 1. The third-order valence-electron chi connectivity index (χ3n) is 4.30. The smallest absolute Gasteiger partial charge is 0.263 e. The number of anilines is 1. The number of amides is 1. The Morgan fingerprint density at radius 2 is 1.88 bits per heavy atom. The monoisotopic (exact) mass is 379 g/mol. The maximum atomic E-state index is 12.6. The highest BCUT2D eigenvalue weighted by Gasteiger charge is 2.50. The summed E-state index contributed by atoms with van der Waals surface area (Å²) >= 11 is 12.2. The molecule has 2 aromatic carbocycles. The third kappa shape index (κ3) is 2.88. The van der Waals surface area contributed by atoms with Crippen LogP contribution in [0.25, 0.3) is 0 Å². The van der Waals surface area contributed by atoms with Crippen molar-refractivity contribution in [3.63, 3.8) is 0 Å². The molecule has 1 heterocycles.